The van der Waals surface area contributed by atoms with Crippen molar-refractivity contribution in [3.05, 3.63) is 105 Å². The first kappa shape index (κ1) is 22.2. The van der Waals surface area contributed by atoms with Gasteiger partial charge in [0.2, 0.25) is 15.3 Å². The van der Waals surface area contributed by atoms with Crippen LogP contribution in [0.4, 0.5) is 4.39 Å². The molecule has 0 bridgehead atoms. The summed E-state index contributed by atoms with van der Waals surface area (Å²) in [7, 11) is -4.13. The number of sulfone groups is 1. The van der Waals surface area contributed by atoms with Crippen LogP contribution in [0.1, 0.15) is 30.9 Å². The Bertz CT molecular complexity index is 1480. The van der Waals surface area contributed by atoms with Crippen molar-refractivity contribution in [1.82, 2.24) is 4.57 Å². The Morgan fingerprint density at radius 2 is 1.69 bits per heavy atom. The molecule has 0 aliphatic heterocycles. The number of rotatable bonds is 5. The first-order valence-electron chi connectivity index (χ1n) is 10.1. The Balaban J connectivity index is 1.94. The molecule has 0 aliphatic rings. The summed E-state index contributed by atoms with van der Waals surface area (Å²) in [5, 5.41) is 0.507. The third-order valence-electron chi connectivity index (χ3n) is 5.45. The molecule has 1 aromatic heterocycles. The van der Waals surface area contributed by atoms with Crippen molar-refractivity contribution in [3.63, 3.8) is 0 Å². The normalized spacial score (nSPS) is 11.9. The van der Waals surface area contributed by atoms with Gasteiger partial charge in [-0.25, -0.2) is 12.8 Å². The number of fused-ring (bicyclic) bond motifs is 1. The highest BCUT2D eigenvalue weighted by Crippen LogP contribution is 2.25. The van der Waals surface area contributed by atoms with Crippen LogP contribution in [0.2, 0.25) is 5.02 Å². The first-order valence-corrected chi connectivity index (χ1v) is 12.0. The fraction of sp³-hybridized carbons (Fsp3) is 0.160. The molecule has 0 saturated carbocycles. The van der Waals surface area contributed by atoms with Gasteiger partial charge in [-0.3, -0.25) is 4.79 Å². The maximum absolute atomic E-state index is 14.0. The molecule has 32 heavy (non-hydrogen) atoms. The average Bonchev–Trinajstić information content (AvgIpc) is 2.77. The van der Waals surface area contributed by atoms with E-state index in [0.29, 0.717) is 10.5 Å². The quantitative estimate of drug-likeness (QED) is 0.371. The van der Waals surface area contributed by atoms with E-state index in [1.165, 1.54) is 30.5 Å². The van der Waals surface area contributed by atoms with Crippen molar-refractivity contribution < 1.29 is 12.8 Å². The Hall–Kier alpha value is -2.96. The highest BCUT2D eigenvalue weighted by Gasteiger charge is 2.24. The zero-order valence-electron chi connectivity index (χ0n) is 17.5. The van der Waals surface area contributed by atoms with E-state index in [2.05, 4.69) is 0 Å². The summed E-state index contributed by atoms with van der Waals surface area (Å²) in [6.07, 6.45) is 1.32. The van der Waals surface area contributed by atoms with Gasteiger partial charge in [-0.15, -0.1) is 0 Å². The lowest BCUT2D eigenvalue weighted by Crippen LogP contribution is -2.20. The zero-order valence-corrected chi connectivity index (χ0v) is 19.1. The molecule has 4 nitrogen and oxygen atoms in total. The van der Waals surface area contributed by atoms with Gasteiger partial charge in [0.25, 0.3) is 0 Å². The monoisotopic (exact) mass is 469 g/mol. The Labute approximate surface area is 190 Å². The van der Waals surface area contributed by atoms with E-state index in [1.54, 1.807) is 28.8 Å². The molecule has 4 aromatic rings. The Kier molecular flexibility index (Phi) is 5.93. The maximum atomic E-state index is 14.0. The van der Waals surface area contributed by atoms with Crippen LogP contribution in [-0.2, 0) is 16.4 Å². The third kappa shape index (κ3) is 4.08. The molecular formula is C25H21ClFNO3S. The fourth-order valence-corrected chi connectivity index (χ4v) is 5.20. The zero-order chi connectivity index (χ0) is 23.0. The second kappa shape index (κ2) is 8.52. The standard InChI is InChI=1S/C25H21ClFNO3S/c1-16(2)17-7-10-20(11-8-17)32(30,31)24-15-28(14-18-5-3-4-6-22(18)26)23-12-9-19(27)13-21(23)25(24)29/h3-13,15-16H,14H2,1-2H3. The van der Waals surface area contributed by atoms with Gasteiger partial charge < -0.3 is 4.57 Å². The van der Waals surface area contributed by atoms with Crippen LogP contribution >= 0.6 is 11.6 Å². The van der Waals surface area contributed by atoms with Crippen molar-refractivity contribution in [3.8, 4) is 0 Å². The van der Waals surface area contributed by atoms with Gasteiger partial charge in [-0.1, -0.05) is 55.8 Å². The minimum absolute atomic E-state index is 0.00284. The van der Waals surface area contributed by atoms with E-state index in [4.69, 9.17) is 11.6 Å². The molecule has 1 heterocycles. The summed E-state index contributed by atoms with van der Waals surface area (Å²) in [6.45, 7) is 4.24. The number of aromatic nitrogens is 1. The van der Waals surface area contributed by atoms with E-state index < -0.39 is 26.0 Å². The lowest BCUT2D eigenvalue weighted by atomic mass is 10.0. The van der Waals surface area contributed by atoms with Crippen LogP contribution in [0, 0.1) is 5.82 Å². The first-order chi connectivity index (χ1) is 15.2. The molecule has 0 saturated heterocycles. The highest BCUT2D eigenvalue weighted by atomic mass is 35.5. The van der Waals surface area contributed by atoms with Crippen molar-refractivity contribution in [2.24, 2.45) is 0 Å². The predicted octanol–water partition coefficient (Wildman–Crippen LogP) is 5.80. The van der Waals surface area contributed by atoms with E-state index in [1.807, 2.05) is 26.0 Å². The average molecular weight is 470 g/mol. The van der Waals surface area contributed by atoms with Gasteiger partial charge in [-0.05, 0) is 53.4 Å². The van der Waals surface area contributed by atoms with Crippen molar-refractivity contribution in [2.45, 2.75) is 36.1 Å². The van der Waals surface area contributed by atoms with Gasteiger partial charge in [0, 0.05) is 23.2 Å². The Morgan fingerprint density at radius 1 is 1.00 bits per heavy atom. The van der Waals surface area contributed by atoms with E-state index in [0.717, 1.165) is 17.2 Å². The van der Waals surface area contributed by atoms with Crippen LogP contribution in [0.3, 0.4) is 0 Å². The van der Waals surface area contributed by atoms with Crippen LogP contribution < -0.4 is 5.43 Å². The predicted molar refractivity (Wildman–Crippen MR) is 125 cm³/mol. The van der Waals surface area contributed by atoms with Crippen molar-refractivity contribution in [2.75, 3.05) is 0 Å². The molecule has 7 heteroatoms. The van der Waals surface area contributed by atoms with Gasteiger partial charge in [-0.2, -0.15) is 0 Å². The molecule has 4 rings (SSSR count). The molecule has 0 atom stereocenters. The molecular weight excluding hydrogens is 449 g/mol. The molecule has 0 fully saturated rings. The molecule has 0 radical (unpaired) electrons. The van der Waals surface area contributed by atoms with Crippen molar-refractivity contribution in [1.29, 1.82) is 0 Å². The highest BCUT2D eigenvalue weighted by molar-refractivity contribution is 7.91. The van der Waals surface area contributed by atoms with Crippen LogP contribution in [0.5, 0.6) is 0 Å². The largest absolute Gasteiger partial charge is 0.341 e. The molecule has 3 aromatic carbocycles. The molecule has 0 unspecified atom stereocenters. The maximum Gasteiger partial charge on any atom is 0.211 e. The summed E-state index contributed by atoms with van der Waals surface area (Å²) in [5.74, 6) is -0.377. The van der Waals surface area contributed by atoms with Gasteiger partial charge in [0.15, 0.2) is 0 Å². The van der Waals surface area contributed by atoms with E-state index in [-0.39, 0.29) is 22.7 Å². The topological polar surface area (TPSA) is 56.1 Å². The number of hydrogen-bond acceptors (Lipinski definition) is 3. The molecule has 0 aliphatic carbocycles. The van der Waals surface area contributed by atoms with E-state index in [9.17, 15) is 17.6 Å². The van der Waals surface area contributed by atoms with E-state index >= 15 is 0 Å². The number of halogens is 2. The summed E-state index contributed by atoms with van der Waals surface area (Å²) >= 11 is 6.29. The molecule has 0 amide bonds. The van der Waals surface area contributed by atoms with Gasteiger partial charge >= 0.3 is 0 Å². The third-order valence-corrected chi connectivity index (χ3v) is 7.59. The number of benzene rings is 3. The summed E-state index contributed by atoms with van der Waals surface area (Å²) in [4.78, 5) is 12.8. The Morgan fingerprint density at radius 3 is 2.34 bits per heavy atom. The second-order valence-corrected chi connectivity index (χ2v) is 10.3. The minimum atomic E-state index is -4.13. The van der Waals surface area contributed by atoms with Crippen LogP contribution in [0.25, 0.3) is 10.9 Å². The van der Waals surface area contributed by atoms with Crippen LogP contribution in [0.15, 0.2) is 87.5 Å². The molecule has 0 N–H and O–H groups in total. The summed E-state index contributed by atoms with van der Waals surface area (Å²) in [5.41, 5.74) is 1.42. The lowest BCUT2D eigenvalue weighted by molar-refractivity contribution is 0.593. The summed E-state index contributed by atoms with van der Waals surface area (Å²) < 4.78 is 42.4. The minimum Gasteiger partial charge on any atom is -0.341 e. The molecule has 0 spiro atoms. The summed E-state index contributed by atoms with van der Waals surface area (Å²) in [6, 6.07) is 17.4. The smallest absolute Gasteiger partial charge is 0.211 e. The number of pyridine rings is 1. The lowest BCUT2D eigenvalue weighted by Gasteiger charge is -2.15. The SMILES string of the molecule is CC(C)c1ccc(S(=O)(=O)c2cn(Cc3ccccc3Cl)c3ccc(F)cc3c2=O)cc1. The number of nitrogens with zero attached hydrogens (tertiary/aromatic N) is 1. The number of hydrogen-bond donors (Lipinski definition) is 0. The van der Waals surface area contributed by atoms with Crippen molar-refractivity contribution >= 4 is 32.3 Å². The molecule has 164 valence electrons. The van der Waals surface area contributed by atoms with Gasteiger partial charge in [0.1, 0.15) is 10.7 Å². The fourth-order valence-electron chi connectivity index (χ4n) is 3.63. The van der Waals surface area contributed by atoms with Gasteiger partial charge in [0.05, 0.1) is 10.4 Å². The second-order valence-electron chi connectivity index (χ2n) is 7.93. The van der Waals surface area contributed by atoms with Crippen LogP contribution in [-0.4, -0.2) is 13.0 Å².